The molecule has 218 valence electrons. The minimum absolute atomic E-state index is 0.151. The van der Waals surface area contributed by atoms with Crippen molar-refractivity contribution in [2.45, 2.75) is 53.5 Å². The average molecular weight is 567 g/mol. The summed E-state index contributed by atoms with van der Waals surface area (Å²) in [6.45, 7) is 14.5. The van der Waals surface area contributed by atoms with Crippen LogP contribution >= 0.6 is 0 Å². The zero-order chi connectivity index (χ0) is 30.0. The first-order valence-electron chi connectivity index (χ1n) is 14.6. The number of ether oxygens (including phenoxy) is 1. The molecule has 1 aliphatic carbocycles. The van der Waals surface area contributed by atoms with Crippen LogP contribution in [-0.4, -0.2) is 45.0 Å². The Morgan fingerprint density at radius 2 is 1.79 bits per heavy atom. The number of Topliss-reactive ketones (excluding diaryl/α,β-unsaturated/α-hetero) is 1. The third-order valence-electron chi connectivity index (χ3n) is 9.66. The number of fused-ring (bicyclic) bond motifs is 8. The van der Waals surface area contributed by atoms with Gasteiger partial charge in [-0.15, -0.1) is 0 Å². The lowest BCUT2D eigenvalue weighted by atomic mass is 9.81. The Morgan fingerprint density at radius 3 is 2.43 bits per heavy atom. The molecule has 3 aromatic heterocycles. The Morgan fingerprint density at radius 1 is 1.05 bits per heavy atom. The van der Waals surface area contributed by atoms with E-state index in [-0.39, 0.29) is 23.7 Å². The summed E-state index contributed by atoms with van der Waals surface area (Å²) in [5.41, 5.74) is 8.79. The number of aliphatic hydroxyl groups excluding tert-OH is 1. The smallest absolute Gasteiger partial charge is 0.320 e. The Balaban J connectivity index is 1.77. The van der Waals surface area contributed by atoms with E-state index in [0.717, 1.165) is 74.0 Å². The second-order valence-electron chi connectivity index (χ2n) is 11.6. The molecule has 2 aliphatic heterocycles. The highest BCUT2D eigenvalue weighted by molar-refractivity contribution is 6.19. The van der Waals surface area contributed by atoms with Gasteiger partial charge in [0.2, 0.25) is 0 Å². The lowest BCUT2D eigenvalue weighted by molar-refractivity contribution is -0.141. The maximum absolute atomic E-state index is 14.0. The summed E-state index contributed by atoms with van der Waals surface area (Å²) < 4.78 is 5.18. The van der Waals surface area contributed by atoms with Crippen LogP contribution in [0.5, 0.6) is 0 Å². The molecule has 0 spiro atoms. The first-order chi connectivity index (χ1) is 20.2. The third-order valence-corrected chi connectivity index (χ3v) is 9.66. The predicted octanol–water partition coefficient (Wildman–Crippen LogP) is 2.57. The maximum Gasteiger partial charge on any atom is 0.320 e. The van der Waals surface area contributed by atoms with Gasteiger partial charge in [0.1, 0.15) is 5.92 Å². The van der Waals surface area contributed by atoms with Crippen LogP contribution in [0.1, 0.15) is 76.9 Å². The number of methoxy groups -OCH3 is 1. The number of rotatable bonds is 4. The molecule has 42 heavy (non-hydrogen) atoms. The quantitative estimate of drug-likeness (QED) is 0.246. The van der Waals surface area contributed by atoms with Crippen LogP contribution in [0.2, 0.25) is 0 Å². The highest BCUT2D eigenvalue weighted by atomic mass is 16.5. The molecule has 0 amide bonds. The number of hydrogen-bond acceptors (Lipinski definition) is 5. The standard InChI is InChI=1S/C34H38N4O4/c1-8-18-15(4)22-11-23-16(5)19(9-2)31(37-23)29-30(34(41)42-7)33(40)28-17(6)24(38-32(28)29)12-26-20(10-3)21(14-39)27(36-26)13-25(18)35-22/h8,11-14,16,19,30-31,35-39H,1,9-10H2,2-7H3/b21-14+,23-11-,24-12-,27-13-/t16-,19-,30+,31?/m0/s1. The Hall–Kier alpha value is -4.46. The molecular weight excluding hydrogens is 528 g/mol. The van der Waals surface area contributed by atoms with Crippen molar-refractivity contribution in [3.63, 3.8) is 0 Å². The molecular formula is C34H38N4O4. The molecule has 5 heterocycles. The van der Waals surface area contributed by atoms with Crippen molar-refractivity contribution in [1.82, 2.24) is 20.3 Å². The van der Waals surface area contributed by atoms with Crippen LogP contribution in [0.15, 0.2) is 12.3 Å². The first kappa shape index (κ1) is 27.7. The van der Waals surface area contributed by atoms with Crippen LogP contribution in [0.4, 0.5) is 0 Å². The van der Waals surface area contributed by atoms with E-state index in [1.807, 2.05) is 32.1 Å². The normalized spacial score (nSPS) is 25.8. The molecule has 4 atom stereocenters. The van der Waals surface area contributed by atoms with Gasteiger partial charge in [0, 0.05) is 50.4 Å². The van der Waals surface area contributed by atoms with Crippen molar-refractivity contribution < 1.29 is 19.4 Å². The van der Waals surface area contributed by atoms with Gasteiger partial charge in [-0.05, 0) is 66.7 Å². The third kappa shape index (κ3) is 3.81. The molecule has 1 fully saturated rings. The lowest BCUT2D eigenvalue weighted by Crippen LogP contribution is -2.37. The molecule has 0 aromatic carbocycles. The van der Waals surface area contributed by atoms with E-state index in [0.29, 0.717) is 22.6 Å². The summed E-state index contributed by atoms with van der Waals surface area (Å²) in [6, 6.07) is -0.233. The Kier molecular flexibility index (Phi) is 6.67. The zero-order valence-corrected chi connectivity index (χ0v) is 25.0. The number of carbonyl (C=O) groups is 2. The molecule has 8 nitrogen and oxygen atoms in total. The van der Waals surface area contributed by atoms with E-state index in [4.69, 9.17) is 4.74 Å². The van der Waals surface area contributed by atoms with Crippen LogP contribution in [0.25, 0.3) is 36.1 Å². The SMILES string of the molecule is C=Cc1c2[nH]c(c1C)/C=C1\NC(C3=c4[nH]/c(c(C)c4C(=O)[C@@H]3C(=O)OC)=C\c3[nH]c(/c(=C/O)c3CC)=C\2)[C@@H](CC)[C@@H]1C. The van der Waals surface area contributed by atoms with Crippen molar-refractivity contribution >= 4 is 47.9 Å². The predicted molar refractivity (Wildman–Crippen MR) is 165 cm³/mol. The number of H-pyrrole nitrogens is 3. The molecule has 6 rings (SSSR count). The number of carbonyl (C=O) groups excluding carboxylic acids is 2. The topological polar surface area (TPSA) is 123 Å². The molecule has 8 heteroatoms. The van der Waals surface area contributed by atoms with E-state index < -0.39 is 11.9 Å². The summed E-state index contributed by atoms with van der Waals surface area (Å²) in [5.74, 6) is -1.46. The molecule has 1 unspecified atom stereocenters. The monoisotopic (exact) mass is 566 g/mol. The zero-order valence-electron chi connectivity index (χ0n) is 25.0. The van der Waals surface area contributed by atoms with Crippen LogP contribution in [-0.2, 0) is 16.0 Å². The second kappa shape index (κ2) is 10.1. The summed E-state index contributed by atoms with van der Waals surface area (Å²) in [6.07, 6.45) is 10.7. The first-order valence-corrected chi connectivity index (χ1v) is 14.6. The highest BCUT2D eigenvalue weighted by Gasteiger charge is 2.48. The van der Waals surface area contributed by atoms with Gasteiger partial charge in [-0.25, -0.2) is 0 Å². The summed E-state index contributed by atoms with van der Waals surface area (Å²) >= 11 is 0. The van der Waals surface area contributed by atoms with Crippen LogP contribution in [0.3, 0.4) is 0 Å². The number of aliphatic hydroxyl groups is 1. The van der Waals surface area contributed by atoms with E-state index in [9.17, 15) is 14.7 Å². The highest BCUT2D eigenvalue weighted by Crippen LogP contribution is 2.41. The average Bonchev–Trinajstić information content (AvgIpc) is 3.72. The van der Waals surface area contributed by atoms with Gasteiger partial charge < -0.3 is 30.1 Å². The summed E-state index contributed by atoms with van der Waals surface area (Å²) in [7, 11) is 1.34. The molecule has 3 aromatic rings. The minimum atomic E-state index is -0.999. The van der Waals surface area contributed by atoms with Crippen LogP contribution in [0, 0.1) is 31.6 Å². The number of aromatic amines is 3. The van der Waals surface area contributed by atoms with Crippen molar-refractivity contribution in [3.05, 3.63) is 78.4 Å². The van der Waals surface area contributed by atoms with Crippen molar-refractivity contribution in [1.29, 1.82) is 0 Å². The molecule has 5 N–H and O–H groups in total. The number of nitrogens with one attached hydrogen (secondary N) is 4. The van der Waals surface area contributed by atoms with Crippen LogP contribution < -0.4 is 26.6 Å². The van der Waals surface area contributed by atoms with Gasteiger partial charge in [0.05, 0.1) is 30.1 Å². The van der Waals surface area contributed by atoms with Gasteiger partial charge in [0.25, 0.3) is 0 Å². The number of allylic oxidation sites excluding steroid dienone is 1. The van der Waals surface area contributed by atoms with Gasteiger partial charge >= 0.3 is 5.97 Å². The molecule has 1 saturated heterocycles. The lowest BCUT2D eigenvalue weighted by Gasteiger charge is -2.24. The fraction of sp³-hybridized carbons (Fsp3) is 0.353. The Bertz CT molecular complexity index is 1950. The Labute approximate surface area is 244 Å². The van der Waals surface area contributed by atoms with E-state index in [2.05, 4.69) is 53.7 Å². The number of hydrogen-bond donors (Lipinski definition) is 5. The van der Waals surface area contributed by atoms with E-state index in [1.54, 1.807) is 0 Å². The molecule has 0 saturated carbocycles. The van der Waals surface area contributed by atoms with Gasteiger partial charge in [-0.3, -0.25) is 9.59 Å². The largest absolute Gasteiger partial charge is 0.515 e. The summed E-state index contributed by atoms with van der Waals surface area (Å²) in [4.78, 5) is 37.7. The molecule has 3 aliphatic rings. The molecule has 8 bridgehead atoms. The minimum Gasteiger partial charge on any atom is -0.515 e. The van der Waals surface area contributed by atoms with Gasteiger partial charge in [0.15, 0.2) is 5.78 Å². The van der Waals surface area contributed by atoms with Gasteiger partial charge in [-0.2, -0.15) is 0 Å². The van der Waals surface area contributed by atoms with Crippen molar-refractivity contribution in [2.24, 2.45) is 17.8 Å². The fourth-order valence-electron chi connectivity index (χ4n) is 7.39. The fourth-order valence-corrected chi connectivity index (χ4v) is 7.39. The van der Waals surface area contributed by atoms with Crippen molar-refractivity contribution in [2.75, 3.05) is 7.11 Å². The molecule has 0 radical (unpaired) electrons. The van der Waals surface area contributed by atoms with Crippen molar-refractivity contribution in [3.8, 4) is 0 Å². The number of ketones is 1. The van der Waals surface area contributed by atoms with E-state index in [1.165, 1.54) is 7.11 Å². The van der Waals surface area contributed by atoms with E-state index >= 15 is 0 Å². The second-order valence-corrected chi connectivity index (χ2v) is 11.6. The maximum atomic E-state index is 14.0. The number of esters is 1. The summed E-state index contributed by atoms with van der Waals surface area (Å²) in [5, 5.41) is 17.0. The van der Waals surface area contributed by atoms with Gasteiger partial charge in [-0.1, -0.05) is 39.8 Å². The number of aromatic nitrogens is 3.